The number of benzene rings is 1. The lowest BCUT2D eigenvalue weighted by molar-refractivity contribution is 0.155. The van der Waals surface area contributed by atoms with Gasteiger partial charge in [0.25, 0.3) is 0 Å². The highest BCUT2D eigenvalue weighted by atomic mass is 79.9. The van der Waals surface area contributed by atoms with Crippen LogP contribution < -0.4 is 5.32 Å². The summed E-state index contributed by atoms with van der Waals surface area (Å²) in [5, 5.41) is 13.2. The predicted molar refractivity (Wildman–Crippen MR) is 75.2 cm³/mol. The summed E-state index contributed by atoms with van der Waals surface area (Å²) in [6.07, 6.45) is 6.02. The van der Waals surface area contributed by atoms with Crippen LogP contribution in [0.2, 0.25) is 0 Å². The Morgan fingerprint density at radius 3 is 2.53 bits per heavy atom. The summed E-state index contributed by atoms with van der Waals surface area (Å²) in [6, 6.07) is 8.05. The van der Waals surface area contributed by atoms with Crippen LogP contribution in [-0.2, 0) is 0 Å². The lowest BCUT2D eigenvalue weighted by Crippen LogP contribution is -2.21. The highest BCUT2D eigenvalue weighted by Crippen LogP contribution is 2.28. The number of nitrogens with one attached hydrogen (secondary N) is 1. The van der Waals surface area contributed by atoms with Gasteiger partial charge in [0.2, 0.25) is 0 Å². The zero-order valence-corrected chi connectivity index (χ0v) is 11.6. The van der Waals surface area contributed by atoms with E-state index in [0.717, 1.165) is 22.5 Å². The summed E-state index contributed by atoms with van der Waals surface area (Å²) >= 11 is 3.41. The number of halogens is 1. The summed E-state index contributed by atoms with van der Waals surface area (Å²) in [7, 11) is 0. The van der Waals surface area contributed by atoms with Crippen molar-refractivity contribution in [2.75, 3.05) is 11.9 Å². The van der Waals surface area contributed by atoms with Crippen molar-refractivity contribution in [2.45, 2.75) is 38.2 Å². The van der Waals surface area contributed by atoms with Gasteiger partial charge in [0.1, 0.15) is 0 Å². The monoisotopic (exact) mass is 297 g/mol. The summed E-state index contributed by atoms with van der Waals surface area (Å²) in [5.74, 6) is 0.747. The molecule has 1 aromatic rings. The van der Waals surface area contributed by atoms with Crippen LogP contribution >= 0.6 is 15.9 Å². The summed E-state index contributed by atoms with van der Waals surface area (Å²) < 4.78 is 1.08. The van der Waals surface area contributed by atoms with Gasteiger partial charge in [-0.15, -0.1) is 0 Å². The quantitative estimate of drug-likeness (QED) is 0.866. The topological polar surface area (TPSA) is 32.3 Å². The molecule has 1 aromatic carbocycles. The van der Waals surface area contributed by atoms with E-state index in [0.29, 0.717) is 6.54 Å². The molecule has 3 heteroatoms. The summed E-state index contributed by atoms with van der Waals surface area (Å²) in [5.41, 5.74) is 1.07. The molecule has 0 aromatic heterocycles. The van der Waals surface area contributed by atoms with Crippen LogP contribution in [0.4, 0.5) is 5.69 Å². The van der Waals surface area contributed by atoms with Crippen molar-refractivity contribution in [3.8, 4) is 0 Å². The average molecular weight is 298 g/mol. The molecule has 0 heterocycles. The van der Waals surface area contributed by atoms with Gasteiger partial charge in [-0.2, -0.15) is 0 Å². The fraction of sp³-hybridized carbons (Fsp3) is 0.571. The Bertz CT molecular complexity index is 333. The Hall–Kier alpha value is -0.540. The van der Waals surface area contributed by atoms with Crippen molar-refractivity contribution < 1.29 is 5.11 Å². The zero-order valence-electron chi connectivity index (χ0n) is 10.0. The van der Waals surface area contributed by atoms with Gasteiger partial charge >= 0.3 is 0 Å². The largest absolute Gasteiger partial charge is 0.391 e. The molecule has 1 atom stereocenters. The summed E-state index contributed by atoms with van der Waals surface area (Å²) in [6.45, 7) is 0.651. The van der Waals surface area contributed by atoms with E-state index in [-0.39, 0.29) is 6.10 Å². The second-order valence-electron chi connectivity index (χ2n) is 4.93. The Balaban J connectivity index is 1.71. The molecule has 2 N–H and O–H groups in total. The van der Waals surface area contributed by atoms with E-state index in [1.165, 1.54) is 25.7 Å². The smallest absolute Gasteiger partial charge is 0.0715 e. The van der Waals surface area contributed by atoms with Crippen LogP contribution in [0.25, 0.3) is 0 Å². The van der Waals surface area contributed by atoms with Crippen LogP contribution in [0.15, 0.2) is 28.7 Å². The highest BCUT2D eigenvalue weighted by Gasteiger charge is 2.18. The minimum absolute atomic E-state index is 0.221. The molecular weight excluding hydrogens is 278 g/mol. The molecule has 0 aliphatic heterocycles. The molecule has 2 rings (SSSR count). The SMILES string of the molecule is OC(CNc1ccc(Br)cc1)CC1CCCC1. The fourth-order valence-corrected chi connectivity index (χ4v) is 2.78. The molecule has 1 fully saturated rings. The molecule has 0 bridgehead atoms. The Labute approximate surface area is 112 Å². The maximum atomic E-state index is 9.95. The van der Waals surface area contributed by atoms with E-state index in [1.54, 1.807) is 0 Å². The molecule has 94 valence electrons. The van der Waals surface area contributed by atoms with Crippen LogP contribution in [0.5, 0.6) is 0 Å². The maximum Gasteiger partial charge on any atom is 0.0715 e. The molecule has 1 aliphatic rings. The van der Waals surface area contributed by atoms with Crippen LogP contribution in [0.1, 0.15) is 32.1 Å². The van der Waals surface area contributed by atoms with Gasteiger partial charge in [-0.3, -0.25) is 0 Å². The maximum absolute atomic E-state index is 9.95. The Morgan fingerprint density at radius 2 is 1.88 bits per heavy atom. The van der Waals surface area contributed by atoms with E-state index in [2.05, 4.69) is 21.2 Å². The Morgan fingerprint density at radius 1 is 1.24 bits per heavy atom. The first kappa shape index (κ1) is 12.9. The third-order valence-electron chi connectivity index (χ3n) is 3.47. The lowest BCUT2D eigenvalue weighted by atomic mass is 10.00. The molecule has 0 radical (unpaired) electrons. The number of anilines is 1. The lowest BCUT2D eigenvalue weighted by Gasteiger charge is -2.16. The molecule has 1 saturated carbocycles. The van der Waals surface area contributed by atoms with Gasteiger partial charge in [0.15, 0.2) is 0 Å². The van der Waals surface area contributed by atoms with Crippen molar-refractivity contribution in [1.29, 1.82) is 0 Å². The average Bonchev–Trinajstić information content (AvgIpc) is 2.81. The van der Waals surface area contributed by atoms with E-state index in [1.807, 2.05) is 24.3 Å². The minimum atomic E-state index is -0.221. The molecule has 17 heavy (non-hydrogen) atoms. The molecule has 1 aliphatic carbocycles. The number of rotatable bonds is 5. The van der Waals surface area contributed by atoms with Gasteiger partial charge in [0.05, 0.1) is 6.10 Å². The second-order valence-corrected chi connectivity index (χ2v) is 5.84. The third-order valence-corrected chi connectivity index (χ3v) is 3.99. The summed E-state index contributed by atoms with van der Waals surface area (Å²) in [4.78, 5) is 0. The molecule has 0 spiro atoms. The normalized spacial score (nSPS) is 18.2. The number of hydrogen-bond donors (Lipinski definition) is 2. The van der Waals surface area contributed by atoms with Crippen molar-refractivity contribution in [3.05, 3.63) is 28.7 Å². The molecular formula is C14H20BrNO. The number of hydrogen-bond acceptors (Lipinski definition) is 2. The third kappa shape index (κ3) is 4.32. The molecule has 0 amide bonds. The first-order valence-corrected chi connectivity index (χ1v) is 7.21. The zero-order chi connectivity index (χ0) is 12.1. The van der Waals surface area contributed by atoms with Crippen LogP contribution in [0, 0.1) is 5.92 Å². The van der Waals surface area contributed by atoms with Gasteiger partial charge in [0, 0.05) is 16.7 Å². The first-order chi connectivity index (χ1) is 8.24. The predicted octanol–water partition coefficient (Wildman–Crippen LogP) is 3.80. The molecule has 1 unspecified atom stereocenters. The van der Waals surface area contributed by atoms with Gasteiger partial charge < -0.3 is 10.4 Å². The second kappa shape index (κ2) is 6.41. The van der Waals surface area contributed by atoms with Gasteiger partial charge in [-0.1, -0.05) is 41.6 Å². The van der Waals surface area contributed by atoms with Crippen LogP contribution in [0.3, 0.4) is 0 Å². The highest BCUT2D eigenvalue weighted by molar-refractivity contribution is 9.10. The fourth-order valence-electron chi connectivity index (χ4n) is 2.52. The van der Waals surface area contributed by atoms with Crippen LogP contribution in [-0.4, -0.2) is 17.8 Å². The van der Waals surface area contributed by atoms with Gasteiger partial charge in [-0.25, -0.2) is 0 Å². The van der Waals surface area contributed by atoms with E-state index < -0.39 is 0 Å². The Kier molecular flexibility index (Phi) is 4.86. The molecule has 2 nitrogen and oxygen atoms in total. The standard InChI is InChI=1S/C14H20BrNO/c15-12-5-7-13(8-6-12)16-10-14(17)9-11-3-1-2-4-11/h5-8,11,14,16-17H,1-4,9-10H2. The molecule has 0 saturated heterocycles. The van der Waals surface area contributed by atoms with E-state index >= 15 is 0 Å². The van der Waals surface area contributed by atoms with Crippen molar-refractivity contribution in [3.63, 3.8) is 0 Å². The van der Waals surface area contributed by atoms with Crippen molar-refractivity contribution in [1.82, 2.24) is 0 Å². The minimum Gasteiger partial charge on any atom is -0.391 e. The van der Waals surface area contributed by atoms with Crippen molar-refractivity contribution in [2.24, 2.45) is 5.92 Å². The van der Waals surface area contributed by atoms with E-state index in [4.69, 9.17) is 0 Å². The van der Waals surface area contributed by atoms with Gasteiger partial charge in [-0.05, 0) is 36.6 Å². The van der Waals surface area contributed by atoms with E-state index in [9.17, 15) is 5.11 Å². The number of aliphatic hydroxyl groups is 1. The first-order valence-electron chi connectivity index (χ1n) is 6.41. The van der Waals surface area contributed by atoms with Crippen molar-refractivity contribution >= 4 is 21.6 Å². The number of aliphatic hydroxyl groups excluding tert-OH is 1.